The Balaban J connectivity index is 2.74. The van der Waals surface area contributed by atoms with Crippen LogP contribution in [0.3, 0.4) is 0 Å². The molecule has 1 aromatic carbocycles. The van der Waals surface area contributed by atoms with Crippen molar-refractivity contribution in [1.82, 2.24) is 9.97 Å². The third kappa shape index (κ3) is 1.88. The van der Waals surface area contributed by atoms with Gasteiger partial charge >= 0.3 is 6.18 Å². The van der Waals surface area contributed by atoms with Crippen LogP contribution in [0.1, 0.15) is 5.82 Å². The number of halogens is 4. The summed E-state index contributed by atoms with van der Waals surface area (Å²) < 4.78 is 37.0. The van der Waals surface area contributed by atoms with E-state index in [1.807, 2.05) is 0 Å². The Kier molecular flexibility index (Phi) is 2.38. The van der Waals surface area contributed by atoms with Crippen LogP contribution in [0.15, 0.2) is 18.2 Å². The Morgan fingerprint density at radius 1 is 1.19 bits per heavy atom. The molecule has 7 heteroatoms. The second kappa shape index (κ2) is 3.48. The quantitative estimate of drug-likeness (QED) is 0.729. The molecule has 2 rings (SSSR count). The van der Waals surface area contributed by atoms with E-state index in [2.05, 4.69) is 9.97 Å². The molecule has 1 aromatic heterocycles. The third-order valence-electron chi connectivity index (χ3n) is 1.89. The number of rotatable bonds is 0. The van der Waals surface area contributed by atoms with Crippen LogP contribution in [0, 0.1) is 0 Å². The van der Waals surface area contributed by atoms with Crippen LogP contribution in [0.25, 0.3) is 10.9 Å². The van der Waals surface area contributed by atoms with Crippen molar-refractivity contribution in [2.75, 3.05) is 0 Å². The summed E-state index contributed by atoms with van der Waals surface area (Å²) in [6.45, 7) is 0. The topological polar surface area (TPSA) is 46.0 Å². The molecule has 0 aliphatic rings. The molecule has 0 fully saturated rings. The van der Waals surface area contributed by atoms with Crippen molar-refractivity contribution in [3.63, 3.8) is 0 Å². The van der Waals surface area contributed by atoms with E-state index >= 15 is 0 Å². The van der Waals surface area contributed by atoms with Crippen LogP contribution in [-0.4, -0.2) is 15.1 Å². The van der Waals surface area contributed by atoms with Gasteiger partial charge in [0.25, 0.3) is 0 Å². The number of phenols is 1. The molecule has 0 saturated carbocycles. The second-order valence-electron chi connectivity index (χ2n) is 3.04. The van der Waals surface area contributed by atoms with Crippen molar-refractivity contribution >= 4 is 22.5 Å². The van der Waals surface area contributed by atoms with E-state index in [1.165, 1.54) is 18.2 Å². The monoisotopic (exact) mass is 248 g/mol. The Hall–Kier alpha value is -1.56. The highest BCUT2D eigenvalue weighted by Gasteiger charge is 2.35. The summed E-state index contributed by atoms with van der Waals surface area (Å²) in [6.07, 6.45) is -4.64. The first-order chi connectivity index (χ1) is 7.38. The Morgan fingerprint density at radius 3 is 2.50 bits per heavy atom. The molecule has 0 amide bonds. The van der Waals surface area contributed by atoms with E-state index in [9.17, 15) is 13.2 Å². The maximum Gasteiger partial charge on any atom is 0.451 e. The Bertz CT molecular complexity index is 556. The van der Waals surface area contributed by atoms with E-state index < -0.39 is 12.0 Å². The predicted octanol–water partition coefficient (Wildman–Crippen LogP) is 3.01. The number of hydrogen-bond acceptors (Lipinski definition) is 3. The summed E-state index contributed by atoms with van der Waals surface area (Å²) in [4.78, 5) is 6.45. The Labute approximate surface area is 92.5 Å². The average molecular weight is 249 g/mol. The molecule has 0 aliphatic carbocycles. The summed E-state index contributed by atoms with van der Waals surface area (Å²) in [6, 6.07) is 3.68. The molecule has 3 nitrogen and oxygen atoms in total. The Morgan fingerprint density at radius 2 is 1.88 bits per heavy atom. The van der Waals surface area contributed by atoms with Gasteiger partial charge in [-0.25, -0.2) is 9.97 Å². The van der Waals surface area contributed by atoms with Crippen molar-refractivity contribution in [1.29, 1.82) is 0 Å². The lowest BCUT2D eigenvalue weighted by molar-refractivity contribution is -0.144. The summed E-state index contributed by atoms with van der Waals surface area (Å²) in [5.74, 6) is -1.41. The summed E-state index contributed by atoms with van der Waals surface area (Å²) >= 11 is 5.58. The minimum absolute atomic E-state index is 0.0325. The standard InChI is InChI=1S/C9H4ClF3N2O/c10-7-5-3-4(16)1-2-6(5)14-8(15-7)9(11,12)13/h1-3,16H. The highest BCUT2D eigenvalue weighted by molar-refractivity contribution is 6.34. The molecule has 84 valence electrons. The summed E-state index contributed by atoms with van der Waals surface area (Å²) in [7, 11) is 0. The molecule has 1 N–H and O–H groups in total. The van der Waals surface area contributed by atoms with Gasteiger partial charge in [-0.2, -0.15) is 13.2 Å². The fraction of sp³-hybridized carbons (Fsp3) is 0.111. The van der Waals surface area contributed by atoms with Gasteiger partial charge in [0, 0.05) is 5.39 Å². The first kappa shape index (κ1) is 10.9. The minimum Gasteiger partial charge on any atom is -0.508 e. The highest BCUT2D eigenvalue weighted by Crippen LogP contribution is 2.31. The maximum atomic E-state index is 12.3. The van der Waals surface area contributed by atoms with Crippen LogP contribution in [0.4, 0.5) is 13.2 Å². The smallest absolute Gasteiger partial charge is 0.451 e. The molecule has 0 unspecified atom stereocenters. The number of fused-ring (bicyclic) bond motifs is 1. The lowest BCUT2D eigenvalue weighted by Gasteiger charge is -2.07. The second-order valence-corrected chi connectivity index (χ2v) is 3.40. The van der Waals surface area contributed by atoms with Crippen LogP contribution in [0.2, 0.25) is 5.15 Å². The number of benzene rings is 1. The maximum absolute atomic E-state index is 12.3. The molecule has 1 heterocycles. The molecule has 0 aliphatic heterocycles. The lowest BCUT2D eigenvalue weighted by Crippen LogP contribution is -2.11. The number of phenolic OH excluding ortho intramolecular Hbond substituents is 1. The number of nitrogens with zero attached hydrogens (tertiary/aromatic N) is 2. The molecular weight excluding hydrogens is 245 g/mol. The van der Waals surface area contributed by atoms with Crippen molar-refractivity contribution < 1.29 is 18.3 Å². The largest absolute Gasteiger partial charge is 0.508 e. The van der Waals surface area contributed by atoms with Gasteiger partial charge in [0.2, 0.25) is 5.82 Å². The normalized spacial score (nSPS) is 12.0. The number of hydrogen-bond donors (Lipinski definition) is 1. The van der Waals surface area contributed by atoms with Crippen molar-refractivity contribution in [3.8, 4) is 5.75 Å². The van der Waals surface area contributed by atoms with Gasteiger partial charge in [-0.1, -0.05) is 11.6 Å². The van der Waals surface area contributed by atoms with E-state index in [0.717, 1.165) is 0 Å². The van der Waals surface area contributed by atoms with Gasteiger partial charge in [0.1, 0.15) is 10.9 Å². The summed E-state index contributed by atoms with van der Waals surface area (Å²) in [5.41, 5.74) is 0.0325. The number of aromatic hydroxyl groups is 1. The van der Waals surface area contributed by atoms with E-state index in [-0.39, 0.29) is 21.8 Å². The van der Waals surface area contributed by atoms with Gasteiger partial charge in [-0.15, -0.1) is 0 Å². The molecule has 0 atom stereocenters. The average Bonchev–Trinajstić information content (AvgIpc) is 2.17. The highest BCUT2D eigenvalue weighted by atomic mass is 35.5. The zero-order chi connectivity index (χ0) is 11.9. The SMILES string of the molecule is Oc1ccc2nc(C(F)(F)F)nc(Cl)c2c1. The van der Waals surface area contributed by atoms with Gasteiger partial charge in [-0.05, 0) is 18.2 Å². The van der Waals surface area contributed by atoms with Crippen molar-refractivity contribution in [2.24, 2.45) is 0 Å². The van der Waals surface area contributed by atoms with E-state index in [1.54, 1.807) is 0 Å². The van der Waals surface area contributed by atoms with Crippen molar-refractivity contribution in [3.05, 3.63) is 29.2 Å². The molecule has 2 aromatic rings. The lowest BCUT2D eigenvalue weighted by atomic mass is 10.2. The fourth-order valence-corrected chi connectivity index (χ4v) is 1.44. The van der Waals surface area contributed by atoms with Gasteiger partial charge in [0.05, 0.1) is 5.52 Å². The molecule has 0 saturated heterocycles. The number of alkyl halides is 3. The van der Waals surface area contributed by atoms with Crippen LogP contribution < -0.4 is 0 Å². The molecule has 0 spiro atoms. The first-order valence-electron chi connectivity index (χ1n) is 4.11. The first-order valence-corrected chi connectivity index (χ1v) is 4.49. The van der Waals surface area contributed by atoms with Crippen molar-refractivity contribution in [2.45, 2.75) is 6.18 Å². The fourth-order valence-electron chi connectivity index (χ4n) is 1.21. The molecular formula is C9H4ClF3N2O. The molecule has 0 radical (unpaired) electrons. The van der Waals surface area contributed by atoms with Gasteiger partial charge in [0.15, 0.2) is 0 Å². The summed E-state index contributed by atoms with van der Waals surface area (Å²) in [5, 5.41) is 8.98. The third-order valence-corrected chi connectivity index (χ3v) is 2.17. The number of aromatic nitrogens is 2. The van der Waals surface area contributed by atoms with Crippen LogP contribution >= 0.6 is 11.6 Å². The van der Waals surface area contributed by atoms with E-state index in [0.29, 0.717) is 0 Å². The van der Waals surface area contributed by atoms with Crippen LogP contribution in [0.5, 0.6) is 5.75 Å². The van der Waals surface area contributed by atoms with Gasteiger partial charge in [-0.3, -0.25) is 0 Å². The molecule has 0 bridgehead atoms. The van der Waals surface area contributed by atoms with Crippen LogP contribution in [-0.2, 0) is 6.18 Å². The molecule has 16 heavy (non-hydrogen) atoms. The zero-order valence-corrected chi connectivity index (χ0v) is 8.34. The van der Waals surface area contributed by atoms with E-state index in [4.69, 9.17) is 16.7 Å². The zero-order valence-electron chi connectivity index (χ0n) is 7.59. The predicted molar refractivity (Wildman–Crippen MR) is 51.2 cm³/mol. The minimum atomic E-state index is -4.64. The van der Waals surface area contributed by atoms with Gasteiger partial charge < -0.3 is 5.11 Å².